The molecule has 4 nitrogen and oxygen atoms in total. The maximum atomic E-state index is 9.04. The van der Waals surface area contributed by atoms with E-state index in [1.165, 1.54) is 0 Å². The predicted octanol–water partition coefficient (Wildman–Crippen LogP) is 1.85. The Kier molecular flexibility index (Phi) is 5.59. The van der Waals surface area contributed by atoms with Crippen molar-refractivity contribution in [2.75, 3.05) is 32.7 Å². The highest BCUT2D eigenvalue weighted by molar-refractivity contribution is 4.94. The average molecular weight is 248 g/mol. The Morgan fingerprint density at radius 1 is 1.17 bits per heavy atom. The zero-order valence-corrected chi connectivity index (χ0v) is 11.8. The van der Waals surface area contributed by atoms with Gasteiger partial charge >= 0.3 is 0 Å². The zero-order valence-electron chi connectivity index (χ0n) is 11.8. The first-order valence-corrected chi connectivity index (χ1v) is 6.79. The molecule has 1 fully saturated rings. The van der Waals surface area contributed by atoms with E-state index < -0.39 is 0 Å². The van der Waals surface area contributed by atoms with Crippen LogP contribution in [0.1, 0.15) is 33.6 Å². The molecule has 4 heteroatoms. The Bertz CT molecular complexity index is 329. The van der Waals surface area contributed by atoms with Crippen LogP contribution in [0.5, 0.6) is 0 Å². The number of piperazine rings is 1. The summed E-state index contributed by atoms with van der Waals surface area (Å²) in [5.41, 5.74) is -0.226. The molecule has 0 aromatic carbocycles. The van der Waals surface area contributed by atoms with Crippen LogP contribution in [-0.4, -0.2) is 48.6 Å². The first-order valence-electron chi connectivity index (χ1n) is 6.79. The van der Waals surface area contributed by atoms with Crippen LogP contribution in [0, 0.1) is 28.1 Å². The summed E-state index contributed by atoms with van der Waals surface area (Å²) >= 11 is 0. The smallest absolute Gasteiger partial charge is 0.0976 e. The fourth-order valence-corrected chi connectivity index (χ4v) is 2.22. The largest absolute Gasteiger partial charge is 0.301 e. The highest BCUT2D eigenvalue weighted by Crippen LogP contribution is 2.19. The van der Waals surface area contributed by atoms with Gasteiger partial charge in [-0.2, -0.15) is 10.5 Å². The molecule has 0 bridgehead atoms. The van der Waals surface area contributed by atoms with Crippen molar-refractivity contribution in [3.8, 4) is 12.1 Å². The Morgan fingerprint density at radius 3 is 2.22 bits per heavy atom. The van der Waals surface area contributed by atoms with Crippen LogP contribution in [0.25, 0.3) is 0 Å². The highest BCUT2D eigenvalue weighted by atomic mass is 15.3. The van der Waals surface area contributed by atoms with Gasteiger partial charge in [0, 0.05) is 26.2 Å². The van der Waals surface area contributed by atoms with Crippen molar-refractivity contribution in [1.29, 1.82) is 10.5 Å². The third kappa shape index (κ3) is 4.29. The summed E-state index contributed by atoms with van der Waals surface area (Å²) in [7, 11) is 0. The average Bonchev–Trinajstić information content (AvgIpc) is 2.39. The third-order valence-corrected chi connectivity index (χ3v) is 3.74. The van der Waals surface area contributed by atoms with E-state index in [2.05, 4.69) is 28.9 Å². The molecule has 1 aliphatic rings. The molecule has 0 spiro atoms. The molecule has 0 aromatic rings. The van der Waals surface area contributed by atoms with Gasteiger partial charge in [0.2, 0.25) is 0 Å². The maximum absolute atomic E-state index is 9.04. The molecule has 1 saturated heterocycles. The van der Waals surface area contributed by atoms with Crippen molar-refractivity contribution < 1.29 is 0 Å². The van der Waals surface area contributed by atoms with E-state index in [9.17, 15) is 0 Å². The topological polar surface area (TPSA) is 54.1 Å². The van der Waals surface area contributed by atoms with E-state index in [0.717, 1.165) is 45.6 Å². The summed E-state index contributed by atoms with van der Waals surface area (Å²) in [5, 5.41) is 18.0. The summed E-state index contributed by atoms with van der Waals surface area (Å²) in [5.74, 6) is 0. The molecule has 0 saturated carbocycles. The van der Waals surface area contributed by atoms with E-state index in [0.29, 0.717) is 0 Å². The molecule has 1 heterocycles. The molecule has 0 amide bonds. The van der Waals surface area contributed by atoms with Crippen molar-refractivity contribution in [3.63, 3.8) is 0 Å². The van der Waals surface area contributed by atoms with Gasteiger partial charge in [0.25, 0.3) is 0 Å². The summed E-state index contributed by atoms with van der Waals surface area (Å²) < 4.78 is 0. The van der Waals surface area contributed by atoms with Crippen LogP contribution in [0.4, 0.5) is 0 Å². The van der Waals surface area contributed by atoms with E-state index in [1.54, 1.807) is 0 Å². The van der Waals surface area contributed by atoms with Crippen LogP contribution >= 0.6 is 0 Å². The lowest BCUT2D eigenvalue weighted by Gasteiger charge is -2.37. The number of rotatable bonds is 5. The quantitative estimate of drug-likeness (QED) is 0.745. The SMILES string of the molecule is CCC(C#N)N1CCN(CCC(C)(C)C#N)CC1. The van der Waals surface area contributed by atoms with Gasteiger partial charge in [-0.25, -0.2) is 0 Å². The molecule has 0 N–H and O–H groups in total. The molecule has 0 radical (unpaired) electrons. The van der Waals surface area contributed by atoms with Crippen molar-refractivity contribution in [1.82, 2.24) is 9.80 Å². The first-order chi connectivity index (χ1) is 8.52. The second-order valence-electron chi connectivity index (χ2n) is 5.68. The summed E-state index contributed by atoms with van der Waals surface area (Å²) in [6, 6.07) is 4.78. The molecule has 1 rings (SSSR count). The summed E-state index contributed by atoms with van der Waals surface area (Å²) in [4.78, 5) is 4.67. The highest BCUT2D eigenvalue weighted by Gasteiger charge is 2.24. The minimum absolute atomic E-state index is 0.0719. The van der Waals surface area contributed by atoms with E-state index >= 15 is 0 Å². The van der Waals surface area contributed by atoms with Crippen LogP contribution in [0.2, 0.25) is 0 Å². The third-order valence-electron chi connectivity index (χ3n) is 3.74. The van der Waals surface area contributed by atoms with Crippen molar-refractivity contribution in [3.05, 3.63) is 0 Å². The summed E-state index contributed by atoms with van der Waals surface area (Å²) in [6.07, 6.45) is 1.82. The lowest BCUT2D eigenvalue weighted by atomic mass is 9.91. The Morgan fingerprint density at radius 2 is 1.78 bits per heavy atom. The fourth-order valence-electron chi connectivity index (χ4n) is 2.22. The molecule has 1 atom stereocenters. The van der Waals surface area contributed by atoms with E-state index in [1.807, 2.05) is 13.8 Å². The van der Waals surface area contributed by atoms with Crippen molar-refractivity contribution >= 4 is 0 Å². The Hall–Kier alpha value is -1.10. The number of hydrogen-bond donors (Lipinski definition) is 0. The van der Waals surface area contributed by atoms with Crippen LogP contribution < -0.4 is 0 Å². The monoisotopic (exact) mass is 248 g/mol. The van der Waals surface area contributed by atoms with Crippen LogP contribution in [0.15, 0.2) is 0 Å². The zero-order chi connectivity index (χ0) is 13.6. The molecule has 1 aliphatic heterocycles. The number of nitriles is 2. The molecule has 1 unspecified atom stereocenters. The lowest BCUT2D eigenvalue weighted by Crippen LogP contribution is -2.50. The molecule has 0 aromatic heterocycles. The molecule has 18 heavy (non-hydrogen) atoms. The van der Waals surface area contributed by atoms with Crippen molar-refractivity contribution in [2.24, 2.45) is 5.41 Å². The lowest BCUT2D eigenvalue weighted by molar-refractivity contribution is 0.106. The number of nitrogens with zero attached hydrogens (tertiary/aromatic N) is 4. The van der Waals surface area contributed by atoms with Gasteiger partial charge in [-0.3, -0.25) is 4.90 Å². The second-order valence-corrected chi connectivity index (χ2v) is 5.68. The Labute approximate surface area is 111 Å². The van der Waals surface area contributed by atoms with Gasteiger partial charge in [-0.05, 0) is 33.2 Å². The first kappa shape index (κ1) is 15.0. The molecule has 0 aliphatic carbocycles. The minimum atomic E-state index is -0.226. The van der Waals surface area contributed by atoms with Gasteiger partial charge in [-0.1, -0.05) is 6.92 Å². The minimum Gasteiger partial charge on any atom is -0.301 e. The Balaban J connectivity index is 2.32. The normalized spacial score (nSPS) is 20.1. The van der Waals surface area contributed by atoms with Gasteiger partial charge in [-0.15, -0.1) is 0 Å². The molecule has 100 valence electrons. The predicted molar refractivity (Wildman–Crippen MR) is 71.7 cm³/mol. The van der Waals surface area contributed by atoms with E-state index in [-0.39, 0.29) is 11.5 Å². The van der Waals surface area contributed by atoms with Gasteiger partial charge in [0.1, 0.15) is 0 Å². The van der Waals surface area contributed by atoms with Gasteiger partial charge < -0.3 is 4.90 Å². The van der Waals surface area contributed by atoms with Gasteiger partial charge in [0.15, 0.2) is 0 Å². The van der Waals surface area contributed by atoms with Gasteiger partial charge in [0.05, 0.1) is 23.6 Å². The maximum Gasteiger partial charge on any atom is 0.0976 e. The van der Waals surface area contributed by atoms with Crippen LogP contribution in [0.3, 0.4) is 0 Å². The standard InChI is InChI=1S/C14H24N4/c1-4-13(11-15)18-9-7-17(8-10-18)6-5-14(2,3)12-16/h13H,4-10H2,1-3H3. The summed E-state index contributed by atoms with van der Waals surface area (Å²) in [6.45, 7) is 11.0. The van der Waals surface area contributed by atoms with Crippen molar-refractivity contribution in [2.45, 2.75) is 39.7 Å². The van der Waals surface area contributed by atoms with Crippen LogP contribution in [-0.2, 0) is 0 Å². The molecular weight excluding hydrogens is 224 g/mol. The molecular formula is C14H24N4. The number of hydrogen-bond acceptors (Lipinski definition) is 4. The fraction of sp³-hybridized carbons (Fsp3) is 0.857. The van der Waals surface area contributed by atoms with E-state index in [4.69, 9.17) is 10.5 Å². The second kappa shape index (κ2) is 6.73.